The predicted molar refractivity (Wildman–Crippen MR) is 80.8 cm³/mol. The zero-order valence-corrected chi connectivity index (χ0v) is 13.5. The predicted octanol–water partition coefficient (Wildman–Crippen LogP) is 2.03. The molecule has 0 spiro atoms. The Morgan fingerprint density at radius 2 is 2.21 bits per heavy atom. The summed E-state index contributed by atoms with van der Waals surface area (Å²) in [5, 5.41) is 9.10. The van der Waals surface area contributed by atoms with Crippen molar-refractivity contribution in [2.24, 2.45) is 0 Å². The molecule has 3 atom stereocenters. The topological polar surface area (TPSA) is 60.9 Å². The number of aliphatic carboxylic acids is 1. The van der Waals surface area contributed by atoms with Crippen molar-refractivity contribution in [1.82, 2.24) is 9.80 Å². The molecule has 5 nitrogen and oxygen atoms in total. The minimum Gasteiger partial charge on any atom is -0.480 e. The van der Waals surface area contributed by atoms with Crippen LogP contribution in [-0.2, 0) is 4.79 Å². The van der Waals surface area contributed by atoms with Gasteiger partial charge in [0.25, 0.3) is 0 Å². The van der Waals surface area contributed by atoms with Crippen molar-refractivity contribution in [3.05, 3.63) is 0 Å². The molecule has 1 fully saturated rings. The summed E-state index contributed by atoms with van der Waals surface area (Å²) in [5.41, 5.74) is 0. The van der Waals surface area contributed by atoms with Crippen molar-refractivity contribution in [2.75, 3.05) is 24.8 Å². The van der Waals surface area contributed by atoms with Gasteiger partial charge in [0, 0.05) is 18.8 Å². The van der Waals surface area contributed by atoms with E-state index in [0.29, 0.717) is 5.75 Å². The second-order valence-corrected chi connectivity index (χ2v) is 7.05. The van der Waals surface area contributed by atoms with E-state index in [0.717, 1.165) is 12.2 Å². The number of carbonyl (C=O) groups is 2. The third-order valence-electron chi connectivity index (χ3n) is 3.43. The lowest BCUT2D eigenvalue weighted by Gasteiger charge is -2.33. The van der Waals surface area contributed by atoms with Gasteiger partial charge >= 0.3 is 12.0 Å². The fourth-order valence-corrected chi connectivity index (χ4v) is 3.71. The van der Waals surface area contributed by atoms with Gasteiger partial charge in [-0.3, -0.25) is 4.90 Å². The van der Waals surface area contributed by atoms with Crippen LogP contribution in [0.15, 0.2) is 0 Å². The Morgan fingerprint density at radius 3 is 2.74 bits per heavy atom. The van der Waals surface area contributed by atoms with Gasteiger partial charge in [-0.25, -0.2) is 9.59 Å². The van der Waals surface area contributed by atoms with E-state index >= 15 is 0 Å². The third-order valence-corrected chi connectivity index (χ3v) is 5.29. The molecule has 3 unspecified atom stereocenters. The summed E-state index contributed by atoms with van der Waals surface area (Å²) in [5.74, 6) is 0.538. The summed E-state index contributed by atoms with van der Waals surface area (Å²) in [7, 11) is 1.75. The smallest absolute Gasteiger partial charge is 0.327 e. The Morgan fingerprint density at radius 1 is 1.58 bits per heavy atom. The normalized spacial score (nSPS) is 24.3. The van der Waals surface area contributed by atoms with Crippen LogP contribution in [0.4, 0.5) is 4.79 Å². The summed E-state index contributed by atoms with van der Waals surface area (Å²) < 4.78 is 0. The highest BCUT2D eigenvalue weighted by atomic mass is 32.2. The lowest BCUT2D eigenvalue weighted by molar-refractivity contribution is -0.141. The quantitative estimate of drug-likeness (QED) is 0.842. The molecule has 0 aliphatic carbocycles. The van der Waals surface area contributed by atoms with Crippen molar-refractivity contribution in [1.29, 1.82) is 0 Å². The molecule has 0 saturated carbocycles. The molecule has 1 saturated heterocycles. The molecule has 0 bridgehead atoms. The van der Waals surface area contributed by atoms with Gasteiger partial charge < -0.3 is 10.0 Å². The van der Waals surface area contributed by atoms with Crippen molar-refractivity contribution < 1.29 is 14.7 Å². The van der Waals surface area contributed by atoms with E-state index in [4.69, 9.17) is 0 Å². The van der Waals surface area contributed by atoms with E-state index in [1.807, 2.05) is 20.1 Å². The minimum absolute atomic E-state index is 0.0798. The van der Waals surface area contributed by atoms with Crippen LogP contribution in [0.3, 0.4) is 0 Å². The number of carboxylic acids is 1. The first-order valence-electron chi connectivity index (χ1n) is 6.28. The summed E-state index contributed by atoms with van der Waals surface area (Å²) in [6.07, 6.45) is 2.95. The number of hydrogen-bond acceptors (Lipinski definition) is 4. The van der Waals surface area contributed by atoms with Gasteiger partial charge in [0.1, 0.15) is 6.04 Å². The molecule has 2 amide bonds. The summed E-state index contributed by atoms with van der Waals surface area (Å²) >= 11 is 3.26. The standard InChI is InChI=1S/C12H22N2O3S2/c1-8(5-6-18-4)13(3)12(17)14-9(2)19-7-10(14)11(15)16/h8-10H,5-7H2,1-4H3,(H,15,16). The van der Waals surface area contributed by atoms with Crippen LogP contribution in [-0.4, -0.2) is 69.2 Å². The van der Waals surface area contributed by atoms with Gasteiger partial charge in [-0.05, 0) is 32.3 Å². The second-order valence-electron chi connectivity index (χ2n) is 4.72. The Balaban J connectivity index is 2.71. The van der Waals surface area contributed by atoms with E-state index in [2.05, 4.69) is 0 Å². The Hall–Kier alpha value is -0.560. The first kappa shape index (κ1) is 16.5. The van der Waals surface area contributed by atoms with Crippen LogP contribution in [0.1, 0.15) is 20.3 Å². The number of carbonyl (C=O) groups excluding carboxylic acids is 1. The highest BCUT2D eigenvalue weighted by molar-refractivity contribution is 8.00. The molecule has 1 rings (SSSR count). The van der Waals surface area contributed by atoms with Gasteiger partial charge in [-0.15, -0.1) is 11.8 Å². The zero-order chi connectivity index (χ0) is 14.6. The van der Waals surface area contributed by atoms with Gasteiger partial charge in [0.05, 0.1) is 5.37 Å². The number of carboxylic acid groups (broad SMARTS) is 1. The Kier molecular flexibility index (Phi) is 6.32. The molecule has 110 valence electrons. The number of urea groups is 1. The van der Waals surface area contributed by atoms with E-state index in [-0.39, 0.29) is 17.4 Å². The van der Waals surface area contributed by atoms with Crippen molar-refractivity contribution in [3.8, 4) is 0 Å². The molecule has 19 heavy (non-hydrogen) atoms. The Bertz CT molecular complexity index is 341. The number of nitrogens with zero attached hydrogens (tertiary/aromatic N) is 2. The largest absolute Gasteiger partial charge is 0.480 e. The highest BCUT2D eigenvalue weighted by Gasteiger charge is 2.41. The molecular formula is C12H22N2O3S2. The van der Waals surface area contributed by atoms with Crippen LogP contribution < -0.4 is 0 Å². The van der Waals surface area contributed by atoms with Crippen molar-refractivity contribution in [2.45, 2.75) is 37.7 Å². The number of hydrogen-bond donors (Lipinski definition) is 1. The fraction of sp³-hybridized carbons (Fsp3) is 0.833. The molecule has 0 aromatic carbocycles. The molecule has 7 heteroatoms. The molecule has 0 aromatic rings. The Labute approximate surface area is 123 Å². The van der Waals surface area contributed by atoms with E-state index in [1.54, 1.807) is 23.7 Å². The maximum Gasteiger partial charge on any atom is 0.327 e. The fourth-order valence-electron chi connectivity index (χ4n) is 1.98. The van der Waals surface area contributed by atoms with Gasteiger partial charge in [-0.2, -0.15) is 11.8 Å². The molecule has 1 aliphatic rings. The minimum atomic E-state index is -0.921. The summed E-state index contributed by atoms with van der Waals surface area (Å²) in [4.78, 5) is 26.8. The van der Waals surface area contributed by atoms with Crippen LogP contribution in [0.5, 0.6) is 0 Å². The molecule has 1 N–H and O–H groups in total. The van der Waals surface area contributed by atoms with Crippen molar-refractivity contribution in [3.63, 3.8) is 0 Å². The maximum atomic E-state index is 12.4. The maximum absolute atomic E-state index is 12.4. The highest BCUT2D eigenvalue weighted by Crippen LogP contribution is 2.30. The summed E-state index contributed by atoms with van der Waals surface area (Å²) in [6.45, 7) is 3.88. The molecule has 1 heterocycles. The van der Waals surface area contributed by atoms with Crippen LogP contribution in [0.2, 0.25) is 0 Å². The first-order chi connectivity index (χ1) is 8.90. The lowest BCUT2D eigenvalue weighted by Crippen LogP contribution is -2.52. The van der Waals surface area contributed by atoms with Gasteiger partial charge in [0.15, 0.2) is 0 Å². The molecular weight excluding hydrogens is 284 g/mol. The number of amides is 2. The SMILES string of the molecule is CSCCC(C)N(C)C(=O)N1C(C)SCC1C(=O)O. The van der Waals surface area contributed by atoms with Crippen LogP contribution in [0.25, 0.3) is 0 Å². The average Bonchev–Trinajstić information content (AvgIpc) is 2.76. The number of rotatable bonds is 5. The van der Waals surface area contributed by atoms with E-state index in [1.165, 1.54) is 16.7 Å². The van der Waals surface area contributed by atoms with Gasteiger partial charge in [0.2, 0.25) is 0 Å². The summed E-state index contributed by atoms with van der Waals surface area (Å²) in [6, 6.07) is -0.770. The van der Waals surface area contributed by atoms with E-state index < -0.39 is 12.0 Å². The third kappa shape index (κ3) is 3.95. The number of thioether (sulfide) groups is 2. The average molecular weight is 306 g/mol. The lowest BCUT2D eigenvalue weighted by atomic mass is 10.2. The molecule has 0 aromatic heterocycles. The van der Waals surface area contributed by atoms with Crippen molar-refractivity contribution >= 4 is 35.5 Å². The monoisotopic (exact) mass is 306 g/mol. The molecule has 0 radical (unpaired) electrons. The second kappa shape index (κ2) is 7.28. The first-order valence-corrected chi connectivity index (χ1v) is 8.72. The zero-order valence-electron chi connectivity index (χ0n) is 11.8. The van der Waals surface area contributed by atoms with E-state index in [9.17, 15) is 14.7 Å². The van der Waals surface area contributed by atoms with Crippen LogP contribution >= 0.6 is 23.5 Å². The molecule has 1 aliphatic heterocycles. The van der Waals surface area contributed by atoms with Gasteiger partial charge in [-0.1, -0.05) is 0 Å². The van der Waals surface area contributed by atoms with Crippen LogP contribution in [0, 0.1) is 0 Å².